The normalized spacial score (nSPS) is 21.4. The van der Waals surface area contributed by atoms with Gasteiger partial charge < -0.3 is 10.6 Å². The summed E-state index contributed by atoms with van der Waals surface area (Å²) in [5.74, 6) is 0.659. The number of rotatable bonds is 2. The first-order valence-corrected chi connectivity index (χ1v) is 6.14. The zero-order valence-corrected chi connectivity index (χ0v) is 10.6. The van der Waals surface area contributed by atoms with Crippen LogP contribution in [0, 0.1) is 5.92 Å². The summed E-state index contributed by atoms with van der Waals surface area (Å²) in [5.41, 5.74) is 8.46. The maximum absolute atomic E-state index is 5.76. The minimum atomic E-state index is 0.138. The van der Waals surface area contributed by atoms with E-state index in [9.17, 15) is 0 Å². The van der Waals surface area contributed by atoms with E-state index in [0.717, 1.165) is 13.0 Å². The number of thiocarbonyl (C=S) groups is 1. The predicted molar refractivity (Wildman–Crippen MR) is 72.9 cm³/mol. The molecule has 3 heteroatoms. The summed E-state index contributed by atoms with van der Waals surface area (Å²) in [6.07, 6.45) is 1.15. The van der Waals surface area contributed by atoms with Crippen LogP contribution in [0.1, 0.15) is 19.4 Å². The number of para-hydroxylation sites is 1. The molecule has 0 radical (unpaired) electrons. The molecular weight excluding hydrogens is 216 g/mol. The third kappa shape index (κ3) is 2.05. The van der Waals surface area contributed by atoms with Gasteiger partial charge in [-0.05, 0) is 30.9 Å². The Bertz CT molecular complexity index is 403. The zero-order chi connectivity index (χ0) is 11.7. The van der Waals surface area contributed by atoms with Gasteiger partial charge >= 0.3 is 0 Å². The van der Waals surface area contributed by atoms with Crippen molar-refractivity contribution in [2.75, 3.05) is 11.4 Å². The Labute approximate surface area is 102 Å². The van der Waals surface area contributed by atoms with Crippen LogP contribution in [-0.4, -0.2) is 17.6 Å². The molecule has 2 rings (SSSR count). The number of benzene rings is 1. The van der Waals surface area contributed by atoms with Crippen LogP contribution in [-0.2, 0) is 6.42 Å². The van der Waals surface area contributed by atoms with Gasteiger partial charge in [-0.2, -0.15) is 0 Å². The quantitative estimate of drug-likeness (QED) is 0.797. The summed E-state index contributed by atoms with van der Waals surface area (Å²) < 4.78 is 0. The molecule has 86 valence electrons. The molecule has 16 heavy (non-hydrogen) atoms. The van der Waals surface area contributed by atoms with Gasteiger partial charge in [0.1, 0.15) is 0 Å². The van der Waals surface area contributed by atoms with Gasteiger partial charge in [-0.3, -0.25) is 0 Å². The van der Waals surface area contributed by atoms with E-state index in [4.69, 9.17) is 18.0 Å². The minimum absolute atomic E-state index is 0.138. The highest BCUT2D eigenvalue weighted by Gasteiger charge is 2.25. The Balaban J connectivity index is 2.37. The molecule has 2 N–H and O–H groups in total. The second kappa shape index (κ2) is 4.42. The van der Waals surface area contributed by atoms with E-state index in [1.54, 1.807) is 0 Å². The number of hydrogen-bond donors (Lipinski definition) is 1. The van der Waals surface area contributed by atoms with Crippen LogP contribution >= 0.6 is 12.2 Å². The molecule has 1 aliphatic heterocycles. The second-order valence-electron chi connectivity index (χ2n) is 4.67. The second-order valence-corrected chi connectivity index (χ2v) is 5.14. The fourth-order valence-corrected chi connectivity index (χ4v) is 2.49. The van der Waals surface area contributed by atoms with Crippen molar-refractivity contribution >= 4 is 22.9 Å². The average molecular weight is 234 g/mol. The lowest BCUT2D eigenvalue weighted by molar-refractivity contribution is 0.524. The van der Waals surface area contributed by atoms with Gasteiger partial charge in [-0.25, -0.2) is 0 Å². The van der Waals surface area contributed by atoms with Gasteiger partial charge in [-0.1, -0.05) is 37.3 Å². The van der Waals surface area contributed by atoms with Gasteiger partial charge in [0.25, 0.3) is 0 Å². The third-order valence-electron chi connectivity index (χ3n) is 3.26. The Morgan fingerprint density at radius 2 is 2.19 bits per heavy atom. The smallest absolute Gasteiger partial charge is 0.0953 e. The van der Waals surface area contributed by atoms with E-state index < -0.39 is 0 Å². The van der Waals surface area contributed by atoms with E-state index in [0.29, 0.717) is 10.9 Å². The van der Waals surface area contributed by atoms with Crippen LogP contribution in [0.5, 0.6) is 0 Å². The SMILES string of the molecule is CC1Cc2ccccc2N(C(C)C(N)=S)C1. The highest BCUT2D eigenvalue weighted by Crippen LogP contribution is 2.30. The zero-order valence-electron chi connectivity index (χ0n) is 9.81. The summed E-state index contributed by atoms with van der Waals surface area (Å²) in [4.78, 5) is 2.90. The summed E-state index contributed by atoms with van der Waals surface area (Å²) in [6.45, 7) is 5.39. The number of nitrogens with two attached hydrogens (primary N) is 1. The van der Waals surface area contributed by atoms with Crippen molar-refractivity contribution in [2.24, 2.45) is 11.7 Å². The van der Waals surface area contributed by atoms with E-state index in [1.807, 2.05) is 0 Å². The standard InChI is InChI=1S/C13H18N2S/c1-9-7-11-5-3-4-6-12(11)15(8-9)10(2)13(14)16/h3-6,9-10H,7-8H2,1-2H3,(H2,14,16). The Morgan fingerprint density at radius 1 is 1.50 bits per heavy atom. The molecule has 0 spiro atoms. The first-order chi connectivity index (χ1) is 7.59. The fourth-order valence-electron chi connectivity index (χ4n) is 2.36. The van der Waals surface area contributed by atoms with Crippen molar-refractivity contribution < 1.29 is 0 Å². The molecule has 0 bridgehead atoms. The Kier molecular flexibility index (Phi) is 3.15. The first-order valence-electron chi connectivity index (χ1n) is 5.73. The highest BCUT2D eigenvalue weighted by atomic mass is 32.1. The molecule has 0 amide bonds. The largest absolute Gasteiger partial charge is 0.392 e. The van der Waals surface area contributed by atoms with Crippen LogP contribution < -0.4 is 10.6 Å². The van der Waals surface area contributed by atoms with Gasteiger partial charge in [0.15, 0.2) is 0 Å². The Hall–Kier alpha value is -1.09. The van der Waals surface area contributed by atoms with Gasteiger partial charge in [-0.15, -0.1) is 0 Å². The van der Waals surface area contributed by atoms with Crippen LogP contribution in [0.15, 0.2) is 24.3 Å². The summed E-state index contributed by atoms with van der Waals surface area (Å²) in [5, 5.41) is 0. The lowest BCUT2D eigenvalue weighted by Crippen LogP contribution is -2.46. The summed E-state index contributed by atoms with van der Waals surface area (Å²) in [7, 11) is 0. The van der Waals surface area contributed by atoms with E-state index in [1.165, 1.54) is 11.3 Å². The van der Waals surface area contributed by atoms with Gasteiger partial charge in [0.05, 0.1) is 11.0 Å². The van der Waals surface area contributed by atoms with Gasteiger partial charge in [0, 0.05) is 12.2 Å². The fraction of sp³-hybridized carbons (Fsp3) is 0.462. The predicted octanol–water partition coefficient (Wildman–Crippen LogP) is 2.36. The van der Waals surface area contributed by atoms with Crippen molar-refractivity contribution in [1.29, 1.82) is 0 Å². The molecule has 0 fully saturated rings. The van der Waals surface area contributed by atoms with Crippen molar-refractivity contribution in [3.05, 3.63) is 29.8 Å². The van der Waals surface area contributed by atoms with Crippen molar-refractivity contribution in [1.82, 2.24) is 0 Å². The molecule has 2 unspecified atom stereocenters. The molecule has 2 atom stereocenters. The topological polar surface area (TPSA) is 29.3 Å². The van der Waals surface area contributed by atoms with Crippen LogP contribution in [0.2, 0.25) is 0 Å². The van der Waals surface area contributed by atoms with E-state index in [-0.39, 0.29) is 6.04 Å². The molecule has 0 aromatic heterocycles. The van der Waals surface area contributed by atoms with Gasteiger partial charge in [0.2, 0.25) is 0 Å². The molecule has 1 heterocycles. The Morgan fingerprint density at radius 3 is 2.88 bits per heavy atom. The average Bonchev–Trinajstić information content (AvgIpc) is 2.26. The lowest BCUT2D eigenvalue weighted by atomic mass is 9.93. The van der Waals surface area contributed by atoms with Crippen LogP contribution in [0.3, 0.4) is 0 Å². The maximum atomic E-state index is 5.76. The molecule has 0 saturated carbocycles. The lowest BCUT2D eigenvalue weighted by Gasteiger charge is -2.38. The van der Waals surface area contributed by atoms with Crippen molar-refractivity contribution in [3.63, 3.8) is 0 Å². The molecule has 2 nitrogen and oxygen atoms in total. The molecule has 1 aliphatic rings. The molecule has 0 saturated heterocycles. The third-order valence-corrected chi connectivity index (χ3v) is 3.60. The number of fused-ring (bicyclic) bond motifs is 1. The van der Waals surface area contributed by atoms with E-state index >= 15 is 0 Å². The highest BCUT2D eigenvalue weighted by molar-refractivity contribution is 7.80. The van der Waals surface area contributed by atoms with Crippen molar-refractivity contribution in [2.45, 2.75) is 26.3 Å². The minimum Gasteiger partial charge on any atom is -0.392 e. The summed E-state index contributed by atoms with van der Waals surface area (Å²) in [6, 6.07) is 8.67. The maximum Gasteiger partial charge on any atom is 0.0953 e. The molecule has 1 aromatic rings. The number of hydrogen-bond acceptors (Lipinski definition) is 2. The van der Waals surface area contributed by atoms with Crippen molar-refractivity contribution in [3.8, 4) is 0 Å². The number of anilines is 1. The molecular formula is C13H18N2S. The van der Waals surface area contributed by atoms with Crippen LogP contribution in [0.25, 0.3) is 0 Å². The monoisotopic (exact) mass is 234 g/mol. The molecule has 1 aromatic carbocycles. The number of nitrogens with zero attached hydrogens (tertiary/aromatic N) is 1. The first kappa shape index (κ1) is 11.4. The van der Waals surface area contributed by atoms with Crippen LogP contribution in [0.4, 0.5) is 5.69 Å². The molecule has 0 aliphatic carbocycles. The van der Waals surface area contributed by atoms with E-state index in [2.05, 4.69) is 43.0 Å². The summed E-state index contributed by atoms with van der Waals surface area (Å²) >= 11 is 5.10.